The minimum Gasteiger partial charge on any atom is -0.384 e. The fraction of sp³-hybridized carbons (Fsp3) is 0.562. The van der Waals surface area contributed by atoms with Crippen molar-refractivity contribution in [1.29, 1.82) is 5.26 Å². The first-order chi connectivity index (χ1) is 8.79. The van der Waals surface area contributed by atoms with Gasteiger partial charge >= 0.3 is 0 Å². The van der Waals surface area contributed by atoms with Crippen LogP contribution in [0.1, 0.15) is 44.6 Å². The third kappa shape index (κ3) is 3.50. The van der Waals surface area contributed by atoms with Gasteiger partial charge in [-0.25, -0.2) is 0 Å². The maximum absolute atomic E-state index is 9.01. The average molecular weight is 242 g/mol. The van der Waals surface area contributed by atoms with Crippen molar-refractivity contribution in [3.63, 3.8) is 0 Å². The van der Waals surface area contributed by atoms with E-state index < -0.39 is 0 Å². The number of benzene rings is 1. The Morgan fingerprint density at radius 2 is 1.94 bits per heavy atom. The third-order valence-electron chi connectivity index (χ3n) is 4.05. The first-order valence-corrected chi connectivity index (χ1v) is 7.02. The molecule has 0 radical (unpaired) electrons. The van der Waals surface area contributed by atoms with Gasteiger partial charge in [-0.3, -0.25) is 0 Å². The lowest BCUT2D eigenvalue weighted by atomic mass is 9.81. The number of nitrogens with zero attached hydrogens (tertiary/aromatic N) is 1. The lowest BCUT2D eigenvalue weighted by Crippen LogP contribution is -2.16. The van der Waals surface area contributed by atoms with Crippen LogP contribution in [0.2, 0.25) is 0 Å². The van der Waals surface area contributed by atoms with Gasteiger partial charge in [0.15, 0.2) is 0 Å². The van der Waals surface area contributed by atoms with Gasteiger partial charge < -0.3 is 5.32 Å². The average Bonchev–Trinajstić information content (AvgIpc) is 2.41. The maximum atomic E-state index is 9.01. The first kappa shape index (κ1) is 13.0. The molecule has 1 aliphatic carbocycles. The van der Waals surface area contributed by atoms with Gasteiger partial charge in [-0.2, -0.15) is 5.26 Å². The van der Waals surface area contributed by atoms with Crippen LogP contribution in [-0.2, 0) is 0 Å². The molecule has 1 saturated carbocycles. The van der Waals surface area contributed by atoms with Crippen LogP contribution in [0, 0.1) is 23.2 Å². The molecule has 0 aromatic heterocycles. The second-order valence-corrected chi connectivity index (χ2v) is 5.50. The molecule has 0 atom stereocenters. The van der Waals surface area contributed by atoms with Crippen molar-refractivity contribution in [2.45, 2.75) is 39.0 Å². The lowest BCUT2D eigenvalue weighted by molar-refractivity contribution is 0.282. The molecule has 96 valence electrons. The number of nitrogens with one attached hydrogen (secondary N) is 1. The van der Waals surface area contributed by atoms with Gasteiger partial charge in [0.25, 0.3) is 0 Å². The summed E-state index contributed by atoms with van der Waals surface area (Å²) in [4.78, 5) is 0. The molecule has 0 amide bonds. The number of hydrogen-bond acceptors (Lipinski definition) is 2. The van der Waals surface area contributed by atoms with E-state index in [4.69, 9.17) is 5.26 Å². The molecule has 1 fully saturated rings. The molecule has 2 rings (SSSR count). The summed E-state index contributed by atoms with van der Waals surface area (Å²) in [5.41, 5.74) is 1.72. The molecule has 0 heterocycles. The summed E-state index contributed by atoms with van der Waals surface area (Å²) >= 11 is 0. The van der Waals surface area contributed by atoms with E-state index in [0.29, 0.717) is 0 Å². The van der Waals surface area contributed by atoms with E-state index in [0.717, 1.165) is 29.6 Å². The Balaban J connectivity index is 1.77. The highest BCUT2D eigenvalue weighted by atomic mass is 14.9. The summed E-state index contributed by atoms with van der Waals surface area (Å²) in [5, 5.41) is 12.4. The van der Waals surface area contributed by atoms with Crippen molar-refractivity contribution in [3.8, 4) is 6.07 Å². The summed E-state index contributed by atoms with van der Waals surface area (Å²) in [6.07, 6.45) is 6.76. The van der Waals surface area contributed by atoms with Crippen molar-refractivity contribution in [3.05, 3.63) is 29.8 Å². The molecule has 0 saturated heterocycles. The number of rotatable bonds is 4. The summed E-state index contributed by atoms with van der Waals surface area (Å²) in [5.74, 6) is 1.80. The Kier molecular flexibility index (Phi) is 4.64. The van der Waals surface area contributed by atoms with Crippen LogP contribution in [-0.4, -0.2) is 6.54 Å². The first-order valence-electron chi connectivity index (χ1n) is 7.02. The molecule has 0 spiro atoms. The number of nitriles is 1. The summed E-state index contributed by atoms with van der Waals surface area (Å²) in [6.45, 7) is 3.34. The van der Waals surface area contributed by atoms with E-state index in [1.807, 2.05) is 24.3 Å². The van der Waals surface area contributed by atoms with Gasteiger partial charge in [0.1, 0.15) is 6.07 Å². The zero-order valence-electron chi connectivity index (χ0n) is 11.2. The second-order valence-electron chi connectivity index (χ2n) is 5.50. The van der Waals surface area contributed by atoms with Crippen LogP contribution >= 0.6 is 0 Å². The highest BCUT2D eigenvalue weighted by molar-refractivity contribution is 5.56. The molecule has 2 heteroatoms. The molecular weight excluding hydrogens is 220 g/mol. The Bertz CT molecular complexity index is 411. The SMILES string of the molecule is CC1CCC(CCNc2ccccc2C#N)CC1. The van der Waals surface area contributed by atoms with Crippen LogP contribution in [0.25, 0.3) is 0 Å². The standard InChI is InChI=1S/C16H22N2/c1-13-6-8-14(9-7-13)10-11-18-16-5-3-2-4-15(16)12-17/h2-5,13-14,18H,6-11H2,1H3. The lowest BCUT2D eigenvalue weighted by Gasteiger charge is -2.26. The van der Waals surface area contributed by atoms with Gasteiger partial charge in [-0.1, -0.05) is 44.7 Å². The topological polar surface area (TPSA) is 35.8 Å². The molecule has 0 unspecified atom stereocenters. The van der Waals surface area contributed by atoms with Crippen LogP contribution in [0.5, 0.6) is 0 Å². The predicted molar refractivity (Wildman–Crippen MR) is 75.4 cm³/mol. The predicted octanol–water partition coefficient (Wildman–Crippen LogP) is 4.19. The monoisotopic (exact) mass is 242 g/mol. The smallest absolute Gasteiger partial charge is 0.101 e. The second kappa shape index (κ2) is 6.44. The minimum atomic E-state index is 0.745. The molecule has 1 aromatic carbocycles. The minimum absolute atomic E-state index is 0.745. The third-order valence-corrected chi connectivity index (χ3v) is 4.05. The van der Waals surface area contributed by atoms with E-state index in [-0.39, 0.29) is 0 Å². The summed E-state index contributed by atoms with van der Waals surface area (Å²) in [6, 6.07) is 9.97. The van der Waals surface area contributed by atoms with E-state index in [9.17, 15) is 0 Å². The highest BCUT2D eigenvalue weighted by Gasteiger charge is 2.17. The van der Waals surface area contributed by atoms with E-state index in [1.165, 1.54) is 32.1 Å². The molecule has 18 heavy (non-hydrogen) atoms. The Labute approximate surface area is 110 Å². The van der Waals surface area contributed by atoms with E-state index in [1.54, 1.807) is 0 Å². The van der Waals surface area contributed by atoms with Crippen LogP contribution in [0.4, 0.5) is 5.69 Å². The summed E-state index contributed by atoms with van der Waals surface area (Å²) < 4.78 is 0. The highest BCUT2D eigenvalue weighted by Crippen LogP contribution is 2.30. The van der Waals surface area contributed by atoms with Gasteiger partial charge in [0, 0.05) is 6.54 Å². The fourth-order valence-electron chi connectivity index (χ4n) is 2.76. The molecule has 1 N–H and O–H groups in total. The molecule has 2 nitrogen and oxygen atoms in total. The quantitative estimate of drug-likeness (QED) is 0.859. The fourth-order valence-corrected chi connectivity index (χ4v) is 2.76. The zero-order chi connectivity index (χ0) is 12.8. The van der Waals surface area contributed by atoms with Crippen molar-refractivity contribution in [2.24, 2.45) is 11.8 Å². The van der Waals surface area contributed by atoms with Crippen molar-refractivity contribution < 1.29 is 0 Å². The van der Waals surface area contributed by atoms with Gasteiger partial charge in [0.2, 0.25) is 0 Å². The Morgan fingerprint density at radius 1 is 1.22 bits per heavy atom. The maximum Gasteiger partial charge on any atom is 0.101 e. The normalized spacial score (nSPS) is 23.3. The zero-order valence-corrected chi connectivity index (χ0v) is 11.2. The van der Waals surface area contributed by atoms with Crippen molar-refractivity contribution in [1.82, 2.24) is 0 Å². The Morgan fingerprint density at radius 3 is 2.67 bits per heavy atom. The molecule has 1 aliphatic rings. The van der Waals surface area contributed by atoms with Gasteiger partial charge in [-0.05, 0) is 30.4 Å². The molecule has 0 bridgehead atoms. The number of hydrogen-bond donors (Lipinski definition) is 1. The van der Waals surface area contributed by atoms with Crippen LogP contribution in [0.15, 0.2) is 24.3 Å². The van der Waals surface area contributed by atoms with Crippen molar-refractivity contribution >= 4 is 5.69 Å². The van der Waals surface area contributed by atoms with Crippen LogP contribution in [0.3, 0.4) is 0 Å². The van der Waals surface area contributed by atoms with Gasteiger partial charge in [-0.15, -0.1) is 0 Å². The Hall–Kier alpha value is -1.49. The van der Waals surface area contributed by atoms with Crippen LogP contribution < -0.4 is 5.32 Å². The van der Waals surface area contributed by atoms with E-state index in [2.05, 4.69) is 18.3 Å². The van der Waals surface area contributed by atoms with Crippen molar-refractivity contribution in [2.75, 3.05) is 11.9 Å². The summed E-state index contributed by atoms with van der Waals surface area (Å²) in [7, 11) is 0. The van der Waals surface area contributed by atoms with E-state index >= 15 is 0 Å². The largest absolute Gasteiger partial charge is 0.384 e. The van der Waals surface area contributed by atoms with Gasteiger partial charge in [0.05, 0.1) is 11.3 Å². The molecule has 1 aromatic rings. The number of anilines is 1. The molecular formula is C16H22N2. The number of para-hydroxylation sites is 1. The molecule has 0 aliphatic heterocycles.